The van der Waals surface area contributed by atoms with Gasteiger partial charge in [0.1, 0.15) is 17.2 Å². The number of rotatable bonds is 6. The molecule has 128 valence electrons. The molecule has 0 amide bonds. The first kappa shape index (κ1) is 17.7. The first-order valence-corrected chi connectivity index (χ1v) is 8.48. The van der Waals surface area contributed by atoms with Gasteiger partial charge in [0.25, 0.3) is 0 Å². The SMILES string of the molecule is Clc1ccc(OC(Oc2ccc(Cl)cc2)Oc2ccc(Cl)cc2)cc1. The molecular formula is C19H13Cl3O3. The monoisotopic (exact) mass is 394 g/mol. The molecule has 3 aromatic carbocycles. The van der Waals surface area contributed by atoms with Gasteiger partial charge in [0, 0.05) is 15.1 Å². The van der Waals surface area contributed by atoms with Gasteiger partial charge in [0.05, 0.1) is 0 Å². The predicted molar refractivity (Wildman–Crippen MR) is 100 cm³/mol. The van der Waals surface area contributed by atoms with Crippen LogP contribution in [-0.4, -0.2) is 6.48 Å². The Morgan fingerprint density at radius 1 is 0.440 bits per heavy atom. The van der Waals surface area contributed by atoms with Gasteiger partial charge in [-0.1, -0.05) is 34.8 Å². The Hall–Kier alpha value is -2.07. The molecule has 0 radical (unpaired) electrons. The fourth-order valence-electron chi connectivity index (χ4n) is 1.94. The van der Waals surface area contributed by atoms with E-state index >= 15 is 0 Å². The van der Waals surface area contributed by atoms with E-state index in [1.807, 2.05) is 0 Å². The first-order chi connectivity index (χ1) is 12.1. The van der Waals surface area contributed by atoms with Gasteiger partial charge in [0.2, 0.25) is 0 Å². The zero-order valence-electron chi connectivity index (χ0n) is 12.9. The number of hydrogen-bond acceptors (Lipinski definition) is 3. The second kappa shape index (κ2) is 8.34. The molecule has 0 saturated carbocycles. The Morgan fingerprint density at radius 2 is 0.680 bits per heavy atom. The van der Waals surface area contributed by atoms with E-state index in [1.165, 1.54) is 0 Å². The minimum Gasteiger partial charge on any atom is -0.423 e. The van der Waals surface area contributed by atoms with Gasteiger partial charge in [-0.05, 0) is 72.8 Å². The summed E-state index contributed by atoms with van der Waals surface area (Å²) in [5.41, 5.74) is 0. The molecule has 0 aromatic heterocycles. The summed E-state index contributed by atoms with van der Waals surface area (Å²) in [7, 11) is 0. The van der Waals surface area contributed by atoms with Crippen molar-refractivity contribution in [1.29, 1.82) is 0 Å². The van der Waals surface area contributed by atoms with Crippen LogP contribution in [0.15, 0.2) is 72.8 Å². The van der Waals surface area contributed by atoms with E-state index in [1.54, 1.807) is 72.8 Å². The van der Waals surface area contributed by atoms with Crippen molar-refractivity contribution in [3.05, 3.63) is 87.9 Å². The smallest absolute Gasteiger partial charge is 0.406 e. The third-order valence-electron chi connectivity index (χ3n) is 3.14. The Bertz CT molecular complexity index is 690. The molecule has 0 unspecified atom stereocenters. The number of hydrogen-bond donors (Lipinski definition) is 0. The molecule has 0 aliphatic carbocycles. The summed E-state index contributed by atoms with van der Waals surface area (Å²) in [5.74, 6) is 1.66. The van der Waals surface area contributed by atoms with Crippen LogP contribution in [0.3, 0.4) is 0 Å². The lowest BCUT2D eigenvalue weighted by atomic mass is 10.3. The molecule has 0 fully saturated rings. The molecule has 0 bridgehead atoms. The summed E-state index contributed by atoms with van der Waals surface area (Å²) in [5, 5.41) is 1.84. The van der Waals surface area contributed by atoms with E-state index in [2.05, 4.69) is 0 Å². The number of halogens is 3. The normalized spacial score (nSPS) is 10.6. The summed E-state index contributed by atoms with van der Waals surface area (Å²) >= 11 is 17.7. The maximum atomic E-state index is 5.89. The van der Waals surface area contributed by atoms with Gasteiger partial charge >= 0.3 is 6.48 Å². The molecule has 3 rings (SSSR count). The predicted octanol–water partition coefficient (Wildman–Crippen LogP) is 6.47. The van der Waals surface area contributed by atoms with Crippen molar-refractivity contribution in [1.82, 2.24) is 0 Å². The van der Waals surface area contributed by atoms with E-state index in [9.17, 15) is 0 Å². The first-order valence-electron chi connectivity index (χ1n) is 7.35. The van der Waals surface area contributed by atoms with Crippen LogP contribution in [0, 0.1) is 0 Å². The molecule has 0 N–H and O–H groups in total. The van der Waals surface area contributed by atoms with E-state index in [0.29, 0.717) is 32.3 Å². The molecule has 3 nitrogen and oxygen atoms in total. The number of ether oxygens (including phenoxy) is 3. The topological polar surface area (TPSA) is 27.7 Å². The molecule has 0 heterocycles. The van der Waals surface area contributed by atoms with E-state index in [0.717, 1.165) is 0 Å². The maximum absolute atomic E-state index is 5.89. The van der Waals surface area contributed by atoms with Crippen LogP contribution in [0.1, 0.15) is 0 Å². The maximum Gasteiger partial charge on any atom is 0.406 e. The molecule has 3 aromatic rings. The highest BCUT2D eigenvalue weighted by Crippen LogP contribution is 2.23. The molecule has 6 heteroatoms. The van der Waals surface area contributed by atoms with Crippen LogP contribution in [0.2, 0.25) is 15.1 Å². The third-order valence-corrected chi connectivity index (χ3v) is 3.89. The van der Waals surface area contributed by atoms with Gasteiger partial charge < -0.3 is 14.2 Å². The molecule has 0 spiro atoms. The second-order valence-corrected chi connectivity index (χ2v) is 6.31. The van der Waals surface area contributed by atoms with Crippen LogP contribution < -0.4 is 14.2 Å². The van der Waals surface area contributed by atoms with Crippen molar-refractivity contribution in [3.63, 3.8) is 0 Å². The largest absolute Gasteiger partial charge is 0.423 e. The van der Waals surface area contributed by atoms with Gasteiger partial charge in [-0.25, -0.2) is 0 Å². The van der Waals surface area contributed by atoms with Gasteiger partial charge in [0.15, 0.2) is 0 Å². The minimum absolute atomic E-state index is 0.553. The fourth-order valence-corrected chi connectivity index (χ4v) is 2.32. The van der Waals surface area contributed by atoms with Crippen molar-refractivity contribution in [2.24, 2.45) is 0 Å². The number of benzene rings is 3. The van der Waals surface area contributed by atoms with E-state index in [4.69, 9.17) is 49.0 Å². The lowest BCUT2D eigenvalue weighted by Crippen LogP contribution is -2.30. The minimum atomic E-state index is -1.01. The van der Waals surface area contributed by atoms with Gasteiger partial charge in [-0.15, -0.1) is 0 Å². The fraction of sp³-hybridized carbons (Fsp3) is 0.0526. The van der Waals surface area contributed by atoms with E-state index < -0.39 is 6.48 Å². The van der Waals surface area contributed by atoms with Crippen LogP contribution in [-0.2, 0) is 0 Å². The van der Waals surface area contributed by atoms with Crippen LogP contribution in [0.4, 0.5) is 0 Å². The summed E-state index contributed by atoms with van der Waals surface area (Å²) in [4.78, 5) is 0. The highest BCUT2D eigenvalue weighted by Gasteiger charge is 2.15. The lowest BCUT2D eigenvalue weighted by molar-refractivity contribution is -0.140. The molecular weight excluding hydrogens is 383 g/mol. The summed E-state index contributed by atoms with van der Waals surface area (Å²) < 4.78 is 17.3. The second-order valence-electron chi connectivity index (χ2n) is 5.00. The highest BCUT2D eigenvalue weighted by molar-refractivity contribution is 6.31. The zero-order valence-corrected chi connectivity index (χ0v) is 15.1. The lowest BCUT2D eigenvalue weighted by Gasteiger charge is -2.21. The Labute approximate surface area is 160 Å². The molecule has 0 atom stereocenters. The molecule has 0 aliphatic heterocycles. The van der Waals surface area contributed by atoms with Crippen molar-refractivity contribution < 1.29 is 14.2 Å². The highest BCUT2D eigenvalue weighted by atomic mass is 35.5. The van der Waals surface area contributed by atoms with Crippen molar-refractivity contribution >= 4 is 34.8 Å². The standard InChI is InChI=1S/C19H13Cl3O3/c20-13-1-7-16(8-2-13)23-19(24-17-9-3-14(21)4-10-17)25-18-11-5-15(22)6-12-18/h1-12,19H. The average Bonchev–Trinajstić information content (AvgIpc) is 2.61. The van der Waals surface area contributed by atoms with Crippen molar-refractivity contribution in [2.45, 2.75) is 6.48 Å². The van der Waals surface area contributed by atoms with Crippen molar-refractivity contribution in [3.8, 4) is 17.2 Å². The Morgan fingerprint density at radius 3 is 0.920 bits per heavy atom. The summed E-state index contributed by atoms with van der Waals surface area (Å²) in [6.45, 7) is -1.01. The zero-order chi connectivity index (χ0) is 17.6. The van der Waals surface area contributed by atoms with Crippen molar-refractivity contribution in [2.75, 3.05) is 0 Å². The Kier molecular flexibility index (Phi) is 5.92. The molecule has 25 heavy (non-hydrogen) atoms. The summed E-state index contributed by atoms with van der Waals surface area (Å²) in [6, 6.07) is 20.7. The molecule has 0 aliphatic rings. The van der Waals surface area contributed by atoms with Crippen LogP contribution >= 0.6 is 34.8 Å². The Balaban J connectivity index is 1.77. The van der Waals surface area contributed by atoms with Crippen LogP contribution in [0.5, 0.6) is 17.2 Å². The quantitative estimate of drug-likeness (QED) is 0.448. The summed E-state index contributed by atoms with van der Waals surface area (Å²) in [6.07, 6.45) is 0. The van der Waals surface area contributed by atoms with Gasteiger partial charge in [-0.3, -0.25) is 0 Å². The van der Waals surface area contributed by atoms with Crippen LogP contribution in [0.25, 0.3) is 0 Å². The van der Waals surface area contributed by atoms with Gasteiger partial charge in [-0.2, -0.15) is 0 Å². The third kappa shape index (κ3) is 5.46. The van der Waals surface area contributed by atoms with E-state index in [-0.39, 0.29) is 0 Å². The average molecular weight is 396 g/mol. The molecule has 0 saturated heterocycles.